The molecule has 0 amide bonds. The highest BCUT2D eigenvalue weighted by Crippen LogP contribution is 2.26. The SMILES string of the molecule is CN(CCS(C)(=O)=O)C1(CN)CCCOCC1. The summed E-state index contributed by atoms with van der Waals surface area (Å²) in [4.78, 5) is 2.10. The highest BCUT2D eigenvalue weighted by atomic mass is 32.2. The van der Waals surface area contributed by atoms with Crippen molar-refractivity contribution in [1.29, 1.82) is 0 Å². The van der Waals surface area contributed by atoms with E-state index < -0.39 is 9.84 Å². The van der Waals surface area contributed by atoms with Crippen LogP contribution < -0.4 is 5.73 Å². The number of likely N-dealkylation sites (N-methyl/N-ethyl adjacent to an activating group) is 1. The van der Waals surface area contributed by atoms with Gasteiger partial charge in [-0.05, 0) is 26.3 Å². The van der Waals surface area contributed by atoms with Gasteiger partial charge in [0, 0.05) is 38.1 Å². The lowest BCUT2D eigenvalue weighted by atomic mass is 9.89. The van der Waals surface area contributed by atoms with Crippen molar-refractivity contribution in [2.45, 2.75) is 24.8 Å². The molecule has 5 nitrogen and oxygen atoms in total. The van der Waals surface area contributed by atoms with E-state index in [9.17, 15) is 8.42 Å². The Labute approximate surface area is 104 Å². The van der Waals surface area contributed by atoms with Crippen molar-refractivity contribution in [2.24, 2.45) is 5.73 Å². The summed E-state index contributed by atoms with van der Waals surface area (Å²) in [5, 5.41) is 0. The molecule has 1 unspecified atom stereocenters. The second-order valence-electron chi connectivity index (χ2n) is 4.95. The summed E-state index contributed by atoms with van der Waals surface area (Å²) in [7, 11) is -0.954. The molecule has 0 saturated carbocycles. The maximum Gasteiger partial charge on any atom is 0.148 e. The molecular weight excluding hydrogens is 240 g/mol. The van der Waals surface area contributed by atoms with Gasteiger partial charge in [0.1, 0.15) is 9.84 Å². The maximum atomic E-state index is 11.2. The maximum absolute atomic E-state index is 11.2. The van der Waals surface area contributed by atoms with Crippen molar-refractivity contribution >= 4 is 9.84 Å². The predicted octanol–water partition coefficient (Wildman–Crippen LogP) is -0.139. The van der Waals surface area contributed by atoms with E-state index in [2.05, 4.69) is 4.90 Å². The number of hydrogen-bond acceptors (Lipinski definition) is 5. The van der Waals surface area contributed by atoms with E-state index in [4.69, 9.17) is 10.5 Å². The summed E-state index contributed by atoms with van der Waals surface area (Å²) in [5.74, 6) is 0.187. The van der Waals surface area contributed by atoms with Gasteiger partial charge in [-0.3, -0.25) is 4.90 Å². The van der Waals surface area contributed by atoms with Crippen molar-refractivity contribution in [1.82, 2.24) is 4.90 Å². The first-order valence-electron chi connectivity index (χ1n) is 6.06. The van der Waals surface area contributed by atoms with Crippen LogP contribution in [0.25, 0.3) is 0 Å². The second-order valence-corrected chi connectivity index (χ2v) is 7.21. The van der Waals surface area contributed by atoms with Gasteiger partial charge in [-0.2, -0.15) is 0 Å². The van der Waals surface area contributed by atoms with Crippen LogP contribution in [-0.4, -0.2) is 64.2 Å². The Morgan fingerprint density at radius 2 is 2.06 bits per heavy atom. The first kappa shape index (κ1) is 14.9. The van der Waals surface area contributed by atoms with Gasteiger partial charge in [-0.25, -0.2) is 8.42 Å². The molecule has 0 radical (unpaired) electrons. The molecule has 0 aromatic heterocycles. The highest BCUT2D eigenvalue weighted by molar-refractivity contribution is 7.90. The Balaban J connectivity index is 2.64. The largest absolute Gasteiger partial charge is 0.381 e. The molecule has 0 spiro atoms. The van der Waals surface area contributed by atoms with Gasteiger partial charge in [0.2, 0.25) is 0 Å². The number of rotatable bonds is 5. The molecule has 1 atom stereocenters. The zero-order chi connectivity index (χ0) is 12.9. The van der Waals surface area contributed by atoms with Crippen LogP contribution in [0.5, 0.6) is 0 Å². The summed E-state index contributed by atoms with van der Waals surface area (Å²) >= 11 is 0. The number of sulfone groups is 1. The highest BCUT2D eigenvalue weighted by Gasteiger charge is 2.34. The van der Waals surface area contributed by atoms with E-state index in [0.29, 0.717) is 19.7 Å². The second kappa shape index (κ2) is 6.13. The summed E-state index contributed by atoms with van der Waals surface area (Å²) in [6.45, 7) is 2.58. The van der Waals surface area contributed by atoms with Crippen LogP contribution in [0.4, 0.5) is 0 Å². The zero-order valence-corrected chi connectivity index (χ0v) is 11.6. The van der Waals surface area contributed by atoms with Gasteiger partial charge in [0.05, 0.1) is 5.75 Å². The normalized spacial score (nSPS) is 27.1. The average Bonchev–Trinajstić information content (AvgIpc) is 2.51. The minimum absolute atomic E-state index is 0.0960. The molecule has 1 heterocycles. The third kappa shape index (κ3) is 4.54. The topological polar surface area (TPSA) is 72.6 Å². The molecule has 1 fully saturated rings. The lowest BCUT2D eigenvalue weighted by Crippen LogP contribution is -2.53. The van der Waals surface area contributed by atoms with Gasteiger partial charge in [-0.1, -0.05) is 0 Å². The van der Waals surface area contributed by atoms with E-state index in [1.165, 1.54) is 6.26 Å². The Hall–Kier alpha value is -0.170. The summed E-state index contributed by atoms with van der Waals surface area (Å²) < 4.78 is 27.8. The third-order valence-electron chi connectivity index (χ3n) is 3.63. The Morgan fingerprint density at radius 3 is 2.65 bits per heavy atom. The smallest absolute Gasteiger partial charge is 0.148 e. The Morgan fingerprint density at radius 1 is 1.35 bits per heavy atom. The molecule has 1 aliphatic heterocycles. The molecule has 1 rings (SSSR count). The Kier molecular flexibility index (Phi) is 5.37. The molecule has 0 bridgehead atoms. The van der Waals surface area contributed by atoms with Gasteiger partial charge < -0.3 is 10.5 Å². The summed E-state index contributed by atoms with van der Waals surface area (Å²) in [6, 6.07) is 0. The zero-order valence-electron chi connectivity index (χ0n) is 10.8. The number of ether oxygens (including phenoxy) is 1. The fourth-order valence-corrected chi connectivity index (χ4v) is 2.88. The van der Waals surface area contributed by atoms with Crippen LogP contribution in [0.15, 0.2) is 0 Å². The van der Waals surface area contributed by atoms with Crippen LogP contribution in [-0.2, 0) is 14.6 Å². The van der Waals surface area contributed by atoms with Crippen molar-refractivity contribution in [3.63, 3.8) is 0 Å². The van der Waals surface area contributed by atoms with Crippen molar-refractivity contribution in [3.05, 3.63) is 0 Å². The molecule has 0 aromatic rings. The monoisotopic (exact) mass is 264 g/mol. The minimum atomic E-state index is -2.92. The molecular formula is C11H24N2O3S. The van der Waals surface area contributed by atoms with Crippen LogP contribution in [0.1, 0.15) is 19.3 Å². The van der Waals surface area contributed by atoms with Crippen molar-refractivity contribution in [3.8, 4) is 0 Å². The fourth-order valence-electron chi connectivity index (χ4n) is 2.27. The number of nitrogens with zero attached hydrogens (tertiary/aromatic N) is 1. The molecule has 6 heteroatoms. The molecule has 0 aromatic carbocycles. The molecule has 2 N–H and O–H groups in total. The van der Waals surface area contributed by atoms with Crippen molar-refractivity contribution < 1.29 is 13.2 Å². The van der Waals surface area contributed by atoms with Gasteiger partial charge >= 0.3 is 0 Å². The molecule has 17 heavy (non-hydrogen) atoms. The van der Waals surface area contributed by atoms with Crippen molar-refractivity contribution in [2.75, 3.05) is 45.4 Å². The molecule has 1 saturated heterocycles. The first-order valence-corrected chi connectivity index (χ1v) is 8.12. The number of hydrogen-bond donors (Lipinski definition) is 1. The third-order valence-corrected chi connectivity index (χ3v) is 4.55. The quantitative estimate of drug-likeness (QED) is 0.748. The number of nitrogens with two attached hydrogens (primary N) is 1. The van der Waals surface area contributed by atoms with E-state index in [-0.39, 0.29) is 11.3 Å². The Bertz CT molecular complexity index is 322. The standard InChI is InChI=1S/C11H24N2O3S/c1-13(6-9-17(2,14)15)11(10-12)4-3-7-16-8-5-11/h3-10,12H2,1-2H3. The van der Waals surface area contributed by atoms with E-state index in [1.54, 1.807) is 0 Å². The van der Waals surface area contributed by atoms with E-state index in [1.807, 2.05) is 7.05 Å². The fraction of sp³-hybridized carbons (Fsp3) is 1.00. The minimum Gasteiger partial charge on any atom is -0.381 e. The van der Waals surface area contributed by atoms with E-state index >= 15 is 0 Å². The first-order chi connectivity index (χ1) is 7.90. The lowest BCUT2D eigenvalue weighted by Gasteiger charge is -2.40. The van der Waals surface area contributed by atoms with E-state index in [0.717, 1.165) is 25.9 Å². The van der Waals surface area contributed by atoms with Gasteiger partial charge in [0.25, 0.3) is 0 Å². The van der Waals surface area contributed by atoms with Gasteiger partial charge in [-0.15, -0.1) is 0 Å². The molecule has 102 valence electrons. The predicted molar refractivity (Wildman–Crippen MR) is 68.8 cm³/mol. The van der Waals surface area contributed by atoms with Crippen LogP contribution in [0, 0.1) is 0 Å². The summed E-state index contributed by atoms with van der Waals surface area (Å²) in [5.41, 5.74) is 5.81. The van der Waals surface area contributed by atoms with Crippen LogP contribution >= 0.6 is 0 Å². The molecule has 1 aliphatic rings. The molecule has 0 aliphatic carbocycles. The van der Waals surface area contributed by atoms with Crippen LogP contribution in [0.3, 0.4) is 0 Å². The summed E-state index contributed by atoms with van der Waals surface area (Å²) in [6.07, 6.45) is 4.11. The lowest BCUT2D eigenvalue weighted by molar-refractivity contribution is 0.0937. The van der Waals surface area contributed by atoms with Crippen LogP contribution in [0.2, 0.25) is 0 Å². The van der Waals surface area contributed by atoms with Gasteiger partial charge in [0.15, 0.2) is 0 Å². The average molecular weight is 264 g/mol.